The van der Waals surface area contributed by atoms with Gasteiger partial charge in [-0.15, -0.1) is 0 Å². The average molecular weight is 256 g/mol. The van der Waals surface area contributed by atoms with E-state index in [4.69, 9.17) is 5.73 Å². The lowest BCUT2D eigenvalue weighted by Gasteiger charge is -2.26. The molecule has 1 unspecified atom stereocenters. The van der Waals surface area contributed by atoms with E-state index in [1.807, 2.05) is 18.2 Å². The topological polar surface area (TPSA) is 98.7 Å². The molecule has 0 aromatic carbocycles. The molecule has 2 aromatic rings. The highest BCUT2D eigenvalue weighted by Crippen LogP contribution is 2.32. The summed E-state index contributed by atoms with van der Waals surface area (Å²) in [5.41, 5.74) is 7.29. The van der Waals surface area contributed by atoms with Crippen LogP contribution in [0.15, 0.2) is 42.0 Å². The number of carbonyl (C=O) groups excluding carboxylic acids is 1. The van der Waals surface area contributed by atoms with E-state index in [9.17, 15) is 4.79 Å². The highest BCUT2D eigenvalue weighted by molar-refractivity contribution is 5.95. The van der Waals surface area contributed by atoms with Crippen LogP contribution in [0.1, 0.15) is 18.7 Å². The SMILES string of the molecule is CC1=C(C(N)=O)C(c2ccccn2)n2ncnc2N1. The van der Waals surface area contributed by atoms with Gasteiger partial charge in [-0.05, 0) is 19.1 Å². The average Bonchev–Trinajstić information content (AvgIpc) is 2.85. The number of rotatable bonds is 2. The molecule has 96 valence electrons. The fraction of sp³-hybridized carbons (Fsp3) is 0.167. The summed E-state index contributed by atoms with van der Waals surface area (Å²) in [6.45, 7) is 1.79. The summed E-state index contributed by atoms with van der Waals surface area (Å²) in [5.74, 6) is 0.0694. The maximum atomic E-state index is 11.7. The number of allylic oxidation sites excluding steroid dienone is 1. The van der Waals surface area contributed by atoms with Crippen LogP contribution in [-0.2, 0) is 4.79 Å². The number of primary amides is 1. The maximum Gasteiger partial charge on any atom is 0.248 e. The molecule has 1 aliphatic heterocycles. The van der Waals surface area contributed by atoms with E-state index in [0.29, 0.717) is 22.9 Å². The number of amides is 1. The van der Waals surface area contributed by atoms with Crippen molar-refractivity contribution < 1.29 is 4.79 Å². The van der Waals surface area contributed by atoms with Crippen molar-refractivity contribution >= 4 is 11.9 Å². The van der Waals surface area contributed by atoms with E-state index < -0.39 is 11.9 Å². The lowest BCUT2D eigenvalue weighted by atomic mass is 9.99. The number of nitrogens with zero attached hydrogens (tertiary/aromatic N) is 4. The summed E-state index contributed by atoms with van der Waals surface area (Å²) in [5, 5.41) is 7.15. The Morgan fingerprint density at radius 3 is 2.95 bits per heavy atom. The van der Waals surface area contributed by atoms with Gasteiger partial charge >= 0.3 is 0 Å². The Morgan fingerprint density at radius 2 is 2.26 bits per heavy atom. The summed E-state index contributed by atoms with van der Waals surface area (Å²) in [6.07, 6.45) is 3.09. The van der Waals surface area contributed by atoms with Crippen LogP contribution in [0.5, 0.6) is 0 Å². The third kappa shape index (κ3) is 1.75. The van der Waals surface area contributed by atoms with Crippen molar-refractivity contribution in [1.29, 1.82) is 0 Å². The van der Waals surface area contributed by atoms with E-state index in [1.165, 1.54) is 6.33 Å². The van der Waals surface area contributed by atoms with Crippen LogP contribution >= 0.6 is 0 Å². The summed E-state index contributed by atoms with van der Waals surface area (Å²) in [7, 11) is 0. The zero-order valence-corrected chi connectivity index (χ0v) is 10.2. The highest BCUT2D eigenvalue weighted by Gasteiger charge is 2.32. The van der Waals surface area contributed by atoms with Crippen LogP contribution in [0.4, 0.5) is 5.95 Å². The van der Waals surface area contributed by atoms with Gasteiger partial charge in [-0.3, -0.25) is 9.78 Å². The molecule has 3 N–H and O–H groups in total. The highest BCUT2D eigenvalue weighted by atomic mass is 16.1. The van der Waals surface area contributed by atoms with Crippen molar-refractivity contribution in [1.82, 2.24) is 19.7 Å². The quantitative estimate of drug-likeness (QED) is 0.812. The van der Waals surface area contributed by atoms with E-state index in [1.54, 1.807) is 17.8 Å². The molecule has 0 saturated heterocycles. The van der Waals surface area contributed by atoms with Gasteiger partial charge in [0.25, 0.3) is 0 Å². The summed E-state index contributed by atoms with van der Waals surface area (Å²) in [6, 6.07) is 5.05. The van der Waals surface area contributed by atoms with Gasteiger partial charge in [0.05, 0.1) is 11.3 Å². The monoisotopic (exact) mass is 256 g/mol. The Labute approximate surface area is 109 Å². The molecule has 0 spiro atoms. The number of pyridine rings is 1. The van der Waals surface area contributed by atoms with Gasteiger partial charge in [-0.1, -0.05) is 6.07 Å². The largest absolute Gasteiger partial charge is 0.366 e. The van der Waals surface area contributed by atoms with Crippen molar-refractivity contribution in [3.05, 3.63) is 47.7 Å². The second-order valence-corrected chi connectivity index (χ2v) is 4.21. The van der Waals surface area contributed by atoms with Crippen molar-refractivity contribution in [3.8, 4) is 0 Å². The Morgan fingerprint density at radius 1 is 1.42 bits per heavy atom. The Balaban J connectivity index is 2.21. The Kier molecular flexibility index (Phi) is 2.52. The van der Waals surface area contributed by atoms with Crippen LogP contribution in [-0.4, -0.2) is 25.7 Å². The second-order valence-electron chi connectivity index (χ2n) is 4.21. The van der Waals surface area contributed by atoms with Crippen LogP contribution in [0.2, 0.25) is 0 Å². The fourth-order valence-corrected chi connectivity index (χ4v) is 2.22. The first kappa shape index (κ1) is 11.4. The van der Waals surface area contributed by atoms with Crippen LogP contribution in [0, 0.1) is 0 Å². The number of hydrogen-bond acceptors (Lipinski definition) is 5. The van der Waals surface area contributed by atoms with E-state index in [-0.39, 0.29) is 0 Å². The molecule has 3 rings (SSSR count). The summed E-state index contributed by atoms with van der Waals surface area (Å²) < 4.78 is 1.61. The standard InChI is InChI=1S/C12H12N6O/c1-7-9(11(13)19)10(8-4-2-3-5-14-8)18-12(17-7)15-6-16-18/h2-6,10H,1H3,(H2,13,19)(H,15,16,17). The molecule has 19 heavy (non-hydrogen) atoms. The minimum absolute atomic E-state index is 0.441. The molecule has 1 amide bonds. The molecule has 7 heteroatoms. The van der Waals surface area contributed by atoms with Gasteiger partial charge in [0, 0.05) is 11.9 Å². The van der Waals surface area contributed by atoms with Crippen molar-refractivity contribution in [2.24, 2.45) is 5.73 Å². The van der Waals surface area contributed by atoms with Crippen LogP contribution in [0.3, 0.4) is 0 Å². The predicted octanol–water partition coefficient (Wildman–Crippen LogP) is 0.447. The first-order valence-electron chi connectivity index (χ1n) is 5.76. The zero-order chi connectivity index (χ0) is 13.4. The van der Waals surface area contributed by atoms with Gasteiger partial charge < -0.3 is 11.1 Å². The molecular weight excluding hydrogens is 244 g/mol. The first-order chi connectivity index (χ1) is 9.18. The number of nitrogens with one attached hydrogen (secondary N) is 1. The number of anilines is 1. The minimum Gasteiger partial charge on any atom is -0.366 e. The molecule has 1 aliphatic rings. The third-order valence-corrected chi connectivity index (χ3v) is 3.03. The number of carbonyl (C=O) groups is 1. The fourth-order valence-electron chi connectivity index (χ4n) is 2.22. The Bertz CT molecular complexity index is 660. The second kappa shape index (κ2) is 4.20. The molecule has 0 aliphatic carbocycles. The zero-order valence-electron chi connectivity index (χ0n) is 10.2. The van der Waals surface area contributed by atoms with Gasteiger partial charge in [0.2, 0.25) is 11.9 Å². The lowest BCUT2D eigenvalue weighted by molar-refractivity contribution is -0.115. The van der Waals surface area contributed by atoms with Crippen molar-refractivity contribution in [2.45, 2.75) is 13.0 Å². The molecule has 3 heterocycles. The maximum absolute atomic E-state index is 11.7. The van der Waals surface area contributed by atoms with Crippen LogP contribution in [0.25, 0.3) is 0 Å². The molecule has 0 saturated carbocycles. The van der Waals surface area contributed by atoms with E-state index in [0.717, 1.165) is 0 Å². The normalized spacial score (nSPS) is 17.8. The van der Waals surface area contributed by atoms with Gasteiger partial charge in [-0.25, -0.2) is 4.68 Å². The third-order valence-electron chi connectivity index (χ3n) is 3.03. The van der Waals surface area contributed by atoms with Gasteiger partial charge in [0.1, 0.15) is 12.4 Å². The summed E-state index contributed by atoms with van der Waals surface area (Å²) >= 11 is 0. The van der Waals surface area contributed by atoms with Gasteiger partial charge in [-0.2, -0.15) is 10.1 Å². The Hall–Kier alpha value is -2.70. The lowest BCUT2D eigenvalue weighted by Crippen LogP contribution is -2.32. The molecule has 2 aromatic heterocycles. The molecule has 0 bridgehead atoms. The molecule has 0 fully saturated rings. The van der Waals surface area contributed by atoms with Crippen molar-refractivity contribution in [2.75, 3.05) is 5.32 Å². The van der Waals surface area contributed by atoms with Crippen LogP contribution < -0.4 is 11.1 Å². The summed E-state index contributed by atoms with van der Waals surface area (Å²) in [4.78, 5) is 20.1. The van der Waals surface area contributed by atoms with E-state index >= 15 is 0 Å². The number of nitrogens with two attached hydrogens (primary N) is 1. The molecule has 7 nitrogen and oxygen atoms in total. The first-order valence-corrected chi connectivity index (χ1v) is 5.76. The number of hydrogen-bond donors (Lipinski definition) is 2. The van der Waals surface area contributed by atoms with Crippen molar-refractivity contribution in [3.63, 3.8) is 0 Å². The molecular formula is C12H12N6O. The minimum atomic E-state index is -0.498. The van der Waals surface area contributed by atoms with E-state index in [2.05, 4.69) is 20.4 Å². The number of fused-ring (bicyclic) bond motifs is 1. The molecule has 1 atom stereocenters. The molecule has 0 radical (unpaired) electrons. The predicted molar refractivity (Wildman–Crippen MR) is 67.9 cm³/mol. The van der Waals surface area contributed by atoms with Gasteiger partial charge in [0.15, 0.2) is 0 Å². The number of aromatic nitrogens is 4. The smallest absolute Gasteiger partial charge is 0.248 e.